The van der Waals surface area contributed by atoms with E-state index >= 15 is 0 Å². The minimum absolute atomic E-state index is 0.178. The van der Waals surface area contributed by atoms with Crippen LogP contribution in [0.25, 0.3) is 0 Å². The van der Waals surface area contributed by atoms with Crippen molar-refractivity contribution in [3.05, 3.63) is 51.2 Å². The molecule has 1 atom stereocenters. The van der Waals surface area contributed by atoms with Crippen LogP contribution < -0.4 is 4.72 Å². The van der Waals surface area contributed by atoms with Crippen LogP contribution in [0.5, 0.6) is 0 Å². The Hall–Kier alpha value is -1.21. The van der Waals surface area contributed by atoms with Gasteiger partial charge in [-0.25, -0.2) is 13.1 Å². The first kappa shape index (κ1) is 16.2. The maximum Gasteiger partial charge on any atom is 0.241 e. The van der Waals surface area contributed by atoms with Gasteiger partial charge in [-0.15, -0.1) is 11.3 Å². The van der Waals surface area contributed by atoms with Crippen LogP contribution >= 0.6 is 11.3 Å². The number of rotatable bonds is 5. The lowest BCUT2D eigenvalue weighted by atomic mass is 10.2. The van der Waals surface area contributed by atoms with E-state index < -0.39 is 10.0 Å². The molecule has 0 spiro atoms. The number of sulfonamides is 1. The van der Waals surface area contributed by atoms with Crippen molar-refractivity contribution in [3.8, 4) is 0 Å². The summed E-state index contributed by atoms with van der Waals surface area (Å²) in [6.45, 7) is 5.39. The summed E-state index contributed by atoms with van der Waals surface area (Å²) < 4.78 is 27.7. The third-order valence-corrected chi connectivity index (χ3v) is 6.11. The Kier molecular flexibility index (Phi) is 4.83. The summed E-state index contributed by atoms with van der Waals surface area (Å²) in [5.74, 6) is 0. The first-order valence-corrected chi connectivity index (χ1v) is 8.92. The van der Waals surface area contributed by atoms with Gasteiger partial charge in [0.25, 0.3) is 0 Å². The van der Waals surface area contributed by atoms with E-state index in [1.165, 1.54) is 6.07 Å². The molecular formula is C15H19NO3S2. The monoisotopic (exact) mass is 325 g/mol. The third-order valence-electron chi connectivity index (χ3n) is 3.24. The fourth-order valence-corrected chi connectivity index (χ4v) is 4.54. The molecule has 114 valence electrons. The van der Waals surface area contributed by atoms with Gasteiger partial charge in [0.05, 0.1) is 17.5 Å². The summed E-state index contributed by atoms with van der Waals surface area (Å²) in [6, 6.07) is 8.57. The average molecular weight is 325 g/mol. The molecule has 1 aromatic carbocycles. The minimum atomic E-state index is -3.62. The molecule has 21 heavy (non-hydrogen) atoms. The number of benzene rings is 1. The van der Waals surface area contributed by atoms with Crippen LogP contribution in [-0.4, -0.2) is 13.5 Å². The number of aryl methyl sites for hydroxylation is 2. The van der Waals surface area contributed by atoms with Crippen molar-refractivity contribution < 1.29 is 13.5 Å². The van der Waals surface area contributed by atoms with E-state index in [1.54, 1.807) is 30.4 Å². The lowest BCUT2D eigenvalue weighted by Crippen LogP contribution is -2.27. The smallest absolute Gasteiger partial charge is 0.241 e. The summed E-state index contributed by atoms with van der Waals surface area (Å²) in [7, 11) is -3.62. The van der Waals surface area contributed by atoms with Gasteiger partial charge in [-0.1, -0.05) is 12.1 Å². The van der Waals surface area contributed by atoms with Gasteiger partial charge in [0.1, 0.15) is 0 Å². The molecule has 2 N–H and O–H groups in total. The molecule has 1 heterocycles. The molecule has 6 heteroatoms. The number of hydrogen-bond donors (Lipinski definition) is 2. The summed E-state index contributed by atoms with van der Waals surface area (Å²) >= 11 is 1.58. The highest BCUT2D eigenvalue weighted by Crippen LogP contribution is 2.25. The van der Waals surface area contributed by atoms with E-state index in [0.29, 0.717) is 11.1 Å². The molecule has 0 saturated carbocycles. The Balaban J connectivity index is 2.30. The normalized spacial score (nSPS) is 13.3. The van der Waals surface area contributed by atoms with Crippen molar-refractivity contribution in [2.45, 2.75) is 38.3 Å². The van der Waals surface area contributed by atoms with Crippen molar-refractivity contribution >= 4 is 21.4 Å². The van der Waals surface area contributed by atoms with Crippen molar-refractivity contribution in [2.75, 3.05) is 0 Å². The van der Waals surface area contributed by atoms with Crippen molar-refractivity contribution in [2.24, 2.45) is 0 Å². The Morgan fingerprint density at radius 2 is 1.95 bits per heavy atom. The highest BCUT2D eigenvalue weighted by Gasteiger charge is 2.21. The van der Waals surface area contributed by atoms with Gasteiger partial charge in [0.2, 0.25) is 10.0 Å². The number of nitrogens with one attached hydrogen (secondary N) is 1. The van der Waals surface area contributed by atoms with Gasteiger partial charge in [0, 0.05) is 9.75 Å². The number of thiophene rings is 1. The molecule has 0 aliphatic rings. The molecular weight excluding hydrogens is 306 g/mol. The molecule has 4 nitrogen and oxygen atoms in total. The van der Waals surface area contributed by atoms with Crippen LogP contribution in [0.4, 0.5) is 0 Å². The summed E-state index contributed by atoms with van der Waals surface area (Å²) in [5.41, 5.74) is 1.25. The molecule has 2 aromatic rings. The zero-order valence-electron chi connectivity index (χ0n) is 12.3. The third kappa shape index (κ3) is 3.71. The van der Waals surface area contributed by atoms with Crippen molar-refractivity contribution in [1.29, 1.82) is 0 Å². The van der Waals surface area contributed by atoms with Crippen LogP contribution in [-0.2, 0) is 16.6 Å². The lowest BCUT2D eigenvalue weighted by molar-refractivity contribution is 0.281. The number of aliphatic hydroxyl groups excluding tert-OH is 1. The standard InChI is InChI=1S/C15H19NO3S2/c1-10-4-6-13(9-17)8-15(10)21(18,19)16-12(3)14-7-5-11(2)20-14/h4-8,12,16-17H,9H2,1-3H3. The topological polar surface area (TPSA) is 66.4 Å². The highest BCUT2D eigenvalue weighted by atomic mass is 32.2. The molecule has 1 unspecified atom stereocenters. The maximum absolute atomic E-state index is 12.5. The van der Waals surface area contributed by atoms with Crippen molar-refractivity contribution in [1.82, 2.24) is 4.72 Å². The van der Waals surface area contributed by atoms with E-state index in [9.17, 15) is 8.42 Å². The Bertz CT molecular complexity index is 735. The predicted octanol–water partition coefficient (Wildman–Crippen LogP) is 2.90. The Morgan fingerprint density at radius 1 is 1.24 bits per heavy atom. The van der Waals surface area contributed by atoms with Crippen molar-refractivity contribution in [3.63, 3.8) is 0 Å². The molecule has 0 aliphatic heterocycles. The lowest BCUT2D eigenvalue weighted by Gasteiger charge is -2.15. The molecule has 0 saturated heterocycles. The van der Waals surface area contributed by atoms with E-state index in [2.05, 4.69) is 4.72 Å². The van der Waals surface area contributed by atoms with Gasteiger partial charge in [0.15, 0.2) is 0 Å². The highest BCUT2D eigenvalue weighted by molar-refractivity contribution is 7.89. The summed E-state index contributed by atoms with van der Waals surface area (Å²) in [6.07, 6.45) is 0. The van der Waals surface area contributed by atoms with Gasteiger partial charge in [-0.05, 0) is 50.1 Å². The second-order valence-corrected chi connectivity index (χ2v) is 8.05. The fourth-order valence-electron chi connectivity index (χ4n) is 2.07. The van der Waals surface area contributed by atoms with Crippen LogP contribution in [0.2, 0.25) is 0 Å². The number of hydrogen-bond acceptors (Lipinski definition) is 4. The summed E-state index contributed by atoms with van der Waals surface area (Å²) in [4.78, 5) is 2.34. The number of aliphatic hydroxyl groups is 1. The molecule has 1 aromatic heterocycles. The predicted molar refractivity (Wildman–Crippen MR) is 84.9 cm³/mol. The van der Waals surface area contributed by atoms with Gasteiger partial charge in [-0.2, -0.15) is 0 Å². The van der Waals surface area contributed by atoms with Gasteiger partial charge in [-0.3, -0.25) is 0 Å². The van der Waals surface area contributed by atoms with Gasteiger partial charge >= 0.3 is 0 Å². The summed E-state index contributed by atoms with van der Waals surface area (Å²) in [5, 5.41) is 9.17. The first-order chi connectivity index (χ1) is 9.83. The molecule has 2 rings (SSSR count). The zero-order chi connectivity index (χ0) is 15.6. The fraction of sp³-hybridized carbons (Fsp3) is 0.333. The van der Waals surface area contributed by atoms with Crippen LogP contribution in [0, 0.1) is 13.8 Å². The Labute approximate surface area is 129 Å². The minimum Gasteiger partial charge on any atom is -0.392 e. The molecule has 0 radical (unpaired) electrons. The first-order valence-electron chi connectivity index (χ1n) is 6.62. The zero-order valence-corrected chi connectivity index (χ0v) is 13.9. The van der Waals surface area contributed by atoms with E-state index in [1.807, 2.05) is 26.0 Å². The van der Waals surface area contributed by atoms with E-state index in [-0.39, 0.29) is 17.5 Å². The second kappa shape index (κ2) is 6.27. The largest absolute Gasteiger partial charge is 0.392 e. The maximum atomic E-state index is 12.5. The SMILES string of the molecule is Cc1ccc(C(C)NS(=O)(=O)c2cc(CO)ccc2C)s1. The molecule has 0 fully saturated rings. The van der Waals surface area contributed by atoms with Crippen LogP contribution in [0.15, 0.2) is 35.2 Å². The molecule has 0 bridgehead atoms. The van der Waals surface area contributed by atoms with Gasteiger partial charge < -0.3 is 5.11 Å². The molecule has 0 aliphatic carbocycles. The quantitative estimate of drug-likeness (QED) is 0.888. The van der Waals surface area contributed by atoms with E-state index in [4.69, 9.17) is 5.11 Å². The van der Waals surface area contributed by atoms with E-state index in [0.717, 1.165) is 9.75 Å². The Morgan fingerprint density at radius 3 is 2.52 bits per heavy atom. The average Bonchev–Trinajstić information content (AvgIpc) is 2.85. The van der Waals surface area contributed by atoms with Crippen LogP contribution in [0.3, 0.4) is 0 Å². The second-order valence-electron chi connectivity index (χ2n) is 5.05. The molecule has 0 amide bonds. The van der Waals surface area contributed by atoms with Crippen LogP contribution in [0.1, 0.15) is 33.8 Å².